The van der Waals surface area contributed by atoms with Crippen LogP contribution in [0.2, 0.25) is 0 Å². The van der Waals surface area contributed by atoms with E-state index < -0.39 is 0 Å². The van der Waals surface area contributed by atoms with Gasteiger partial charge in [-0.1, -0.05) is 12.1 Å². The quantitative estimate of drug-likeness (QED) is 0.873. The van der Waals surface area contributed by atoms with Gasteiger partial charge in [-0.25, -0.2) is 4.39 Å². The Morgan fingerprint density at radius 1 is 0.957 bits per heavy atom. The number of benzene rings is 1. The van der Waals surface area contributed by atoms with Crippen molar-refractivity contribution in [1.29, 1.82) is 0 Å². The van der Waals surface area contributed by atoms with E-state index >= 15 is 0 Å². The summed E-state index contributed by atoms with van der Waals surface area (Å²) in [6.07, 6.45) is 3.68. The number of likely N-dealkylation sites (tertiary alicyclic amines) is 1. The van der Waals surface area contributed by atoms with Gasteiger partial charge in [-0.3, -0.25) is 4.90 Å². The van der Waals surface area contributed by atoms with E-state index in [-0.39, 0.29) is 30.6 Å². The number of halogens is 3. The molecule has 3 aliphatic heterocycles. The van der Waals surface area contributed by atoms with Gasteiger partial charge in [0.25, 0.3) is 0 Å². The van der Waals surface area contributed by atoms with Gasteiger partial charge in [0.15, 0.2) is 0 Å². The monoisotopic (exact) mass is 361 g/mol. The Morgan fingerprint density at radius 2 is 1.70 bits per heavy atom. The van der Waals surface area contributed by atoms with Gasteiger partial charge >= 0.3 is 0 Å². The Kier molecular flexibility index (Phi) is 6.55. The van der Waals surface area contributed by atoms with E-state index in [0.29, 0.717) is 6.04 Å². The molecule has 4 rings (SSSR count). The van der Waals surface area contributed by atoms with Gasteiger partial charge in [0.05, 0.1) is 5.69 Å². The molecule has 3 fully saturated rings. The first-order valence-electron chi connectivity index (χ1n) is 8.29. The Bertz CT molecular complexity index is 508. The largest absolute Gasteiger partial charge is 0.369 e. The minimum atomic E-state index is -0.0859. The fourth-order valence-electron chi connectivity index (χ4n) is 4.48. The van der Waals surface area contributed by atoms with E-state index in [2.05, 4.69) is 15.1 Å². The smallest absolute Gasteiger partial charge is 0.146 e. The van der Waals surface area contributed by atoms with Gasteiger partial charge in [0, 0.05) is 31.7 Å². The minimum Gasteiger partial charge on any atom is -0.369 e. The van der Waals surface area contributed by atoms with Crippen molar-refractivity contribution < 1.29 is 4.39 Å². The van der Waals surface area contributed by atoms with E-state index in [9.17, 15) is 4.39 Å². The molecule has 3 nitrogen and oxygen atoms in total. The number of piperidine rings is 1. The highest BCUT2D eigenvalue weighted by Crippen LogP contribution is 2.33. The molecule has 0 saturated carbocycles. The lowest BCUT2D eigenvalue weighted by Crippen LogP contribution is -2.48. The molecule has 1 N–H and O–H groups in total. The van der Waals surface area contributed by atoms with Crippen LogP contribution in [0.3, 0.4) is 0 Å². The van der Waals surface area contributed by atoms with Gasteiger partial charge in [0.2, 0.25) is 0 Å². The van der Waals surface area contributed by atoms with Gasteiger partial charge in [-0.15, -0.1) is 24.8 Å². The Morgan fingerprint density at radius 3 is 2.43 bits per heavy atom. The van der Waals surface area contributed by atoms with Crippen LogP contribution in [0.25, 0.3) is 0 Å². The molecule has 1 aromatic carbocycles. The average molecular weight is 362 g/mol. The zero-order valence-corrected chi connectivity index (χ0v) is 14.9. The first-order valence-corrected chi connectivity index (χ1v) is 8.29. The molecule has 0 radical (unpaired) electrons. The third-order valence-corrected chi connectivity index (χ3v) is 5.61. The number of para-hydroxylation sites is 1. The lowest BCUT2D eigenvalue weighted by molar-refractivity contribution is 0.153. The second kappa shape index (κ2) is 8.02. The maximum Gasteiger partial charge on any atom is 0.146 e. The molecule has 0 unspecified atom stereocenters. The summed E-state index contributed by atoms with van der Waals surface area (Å²) in [6, 6.07) is 8.63. The Labute approximate surface area is 150 Å². The summed E-state index contributed by atoms with van der Waals surface area (Å²) in [4.78, 5) is 4.95. The van der Waals surface area contributed by atoms with Crippen molar-refractivity contribution in [2.24, 2.45) is 5.92 Å². The highest BCUT2D eigenvalue weighted by molar-refractivity contribution is 5.85. The van der Waals surface area contributed by atoms with Crippen LogP contribution < -0.4 is 10.2 Å². The summed E-state index contributed by atoms with van der Waals surface area (Å²) in [6.45, 7) is 5.59. The van der Waals surface area contributed by atoms with Crippen LogP contribution in [0.1, 0.15) is 19.3 Å². The number of hydrogen-bond donors (Lipinski definition) is 1. The number of fused-ring (bicyclic) bond motifs is 1. The van der Waals surface area contributed by atoms with Crippen LogP contribution in [-0.2, 0) is 0 Å². The Hall–Kier alpha value is -0.550. The van der Waals surface area contributed by atoms with Gasteiger partial charge < -0.3 is 10.2 Å². The van der Waals surface area contributed by atoms with Crippen molar-refractivity contribution in [3.8, 4) is 0 Å². The predicted molar refractivity (Wildman–Crippen MR) is 97.6 cm³/mol. The summed E-state index contributed by atoms with van der Waals surface area (Å²) < 4.78 is 13.9. The average Bonchev–Trinajstić information content (AvgIpc) is 3.11. The molecule has 3 saturated heterocycles. The molecule has 130 valence electrons. The van der Waals surface area contributed by atoms with E-state index in [1.165, 1.54) is 19.5 Å². The minimum absolute atomic E-state index is 0. The van der Waals surface area contributed by atoms with Crippen LogP contribution in [0.15, 0.2) is 24.3 Å². The van der Waals surface area contributed by atoms with Crippen molar-refractivity contribution in [3.63, 3.8) is 0 Å². The van der Waals surface area contributed by atoms with E-state index in [1.54, 1.807) is 12.1 Å². The molecular formula is C17H26Cl2FN3. The topological polar surface area (TPSA) is 18.5 Å². The number of nitrogens with zero attached hydrogens (tertiary/aromatic N) is 2. The SMILES string of the molecule is Cl.Cl.Fc1ccccc1N1CCC(N2CC[C@H]3CNC[C@H]32)CC1. The highest BCUT2D eigenvalue weighted by Gasteiger charge is 2.41. The molecule has 1 aromatic rings. The maximum atomic E-state index is 13.9. The van der Waals surface area contributed by atoms with Gasteiger partial charge in [-0.05, 0) is 50.4 Å². The molecular weight excluding hydrogens is 336 g/mol. The molecule has 2 atom stereocenters. The van der Waals surface area contributed by atoms with Crippen LogP contribution in [0.5, 0.6) is 0 Å². The second-order valence-corrected chi connectivity index (χ2v) is 6.68. The fourth-order valence-corrected chi connectivity index (χ4v) is 4.48. The molecule has 0 bridgehead atoms. The first kappa shape index (κ1) is 18.8. The number of rotatable bonds is 2. The first-order chi connectivity index (χ1) is 10.3. The molecule has 0 aromatic heterocycles. The third-order valence-electron chi connectivity index (χ3n) is 5.61. The molecule has 23 heavy (non-hydrogen) atoms. The van der Waals surface area contributed by atoms with Crippen molar-refractivity contribution in [2.75, 3.05) is 37.6 Å². The summed E-state index contributed by atoms with van der Waals surface area (Å²) >= 11 is 0. The van der Waals surface area contributed by atoms with Crippen molar-refractivity contribution in [2.45, 2.75) is 31.3 Å². The zero-order chi connectivity index (χ0) is 14.2. The third kappa shape index (κ3) is 3.60. The molecule has 0 aliphatic carbocycles. The van der Waals surface area contributed by atoms with Crippen LogP contribution in [-0.4, -0.2) is 49.7 Å². The summed E-state index contributed by atoms with van der Waals surface area (Å²) in [5.74, 6) is 0.784. The summed E-state index contributed by atoms with van der Waals surface area (Å²) in [5, 5.41) is 3.53. The second-order valence-electron chi connectivity index (χ2n) is 6.68. The van der Waals surface area contributed by atoms with Crippen molar-refractivity contribution >= 4 is 30.5 Å². The van der Waals surface area contributed by atoms with E-state index in [4.69, 9.17) is 0 Å². The summed E-state index contributed by atoms with van der Waals surface area (Å²) in [5.41, 5.74) is 0.776. The number of anilines is 1. The fraction of sp³-hybridized carbons (Fsp3) is 0.647. The normalized spacial score (nSPS) is 28.1. The van der Waals surface area contributed by atoms with Crippen molar-refractivity contribution in [1.82, 2.24) is 10.2 Å². The van der Waals surface area contributed by atoms with E-state index in [0.717, 1.165) is 50.1 Å². The van der Waals surface area contributed by atoms with Gasteiger partial charge in [-0.2, -0.15) is 0 Å². The summed E-state index contributed by atoms with van der Waals surface area (Å²) in [7, 11) is 0. The predicted octanol–water partition coefficient (Wildman–Crippen LogP) is 2.93. The van der Waals surface area contributed by atoms with E-state index in [1.807, 2.05) is 12.1 Å². The molecule has 3 aliphatic rings. The lowest BCUT2D eigenvalue weighted by atomic mass is 10.00. The molecule has 6 heteroatoms. The van der Waals surface area contributed by atoms with Gasteiger partial charge in [0.1, 0.15) is 5.82 Å². The van der Waals surface area contributed by atoms with Crippen LogP contribution in [0, 0.1) is 11.7 Å². The Balaban J connectivity index is 0.000000960. The number of hydrogen-bond acceptors (Lipinski definition) is 3. The molecule has 3 heterocycles. The highest BCUT2D eigenvalue weighted by atomic mass is 35.5. The standard InChI is InChI=1S/C17H24FN3.2ClH/c18-15-3-1-2-4-16(15)20-8-6-14(7-9-20)21-10-5-13-11-19-12-17(13)21;;/h1-4,13-14,17,19H,5-12H2;2*1H/t13-,17+;;/m0../s1. The zero-order valence-electron chi connectivity index (χ0n) is 13.3. The molecule has 0 spiro atoms. The van der Waals surface area contributed by atoms with Crippen molar-refractivity contribution in [3.05, 3.63) is 30.1 Å². The van der Waals surface area contributed by atoms with Crippen LogP contribution >= 0.6 is 24.8 Å². The van der Waals surface area contributed by atoms with Crippen LogP contribution in [0.4, 0.5) is 10.1 Å². The molecule has 0 amide bonds. The maximum absolute atomic E-state index is 13.9. The number of nitrogens with one attached hydrogen (secondary N) is 1. The lowest BCUT2D eigenvalue weighted by Gasteiger charge is -2.40.